The molecule has 0 bridgehead atoms. The van der Waals surface area contributed by atoms with Gasteiger partial charge in [-0.05, 0) is 44.1 Å². The zero-order valence-electron chi connectivity index (χ0n) is 59.6. The maximum Gasteiger partial charge on any atom is 0.472 e. The van der Waals surface area contributed by atoms with E-state index in [1.807, 2.05) is 0 Å². The van der Waals surface area contributed by atoms with Gasteiger partial charge in [0.05, 0.1) is 50.8 Å². The Morgan fingerprint density at radius 1 is 0.439 bits per heavy atom. The Bertz CT molecular complexity index is 2450. The molecule has 4 saturated heterocycles. The largest absolute Gasteiger partial charge is 0.472 e. The molecule has 4 rings (SSSR count). The molecule has 2 amide bonds. The van der Waals surface area contributed by atoms with Crippen LogP contribution in [0.5, 0.6) is 0 Å². The van der Waals surface area contributed by atoms with Crippen LogP contribution in [0.3, 0.4) is 0 Å². The van der Waals surface area contributed by atoms with Crippen LogP contribution >= 0.6 is 46.8 Å². The lowest BCUT2D eigenvalue weighted by Gasteiger charge is -2.27. The quantitative estimate of drug-likeness (QED) is 0.00824. The summed E-state index contributed by atoms with van der Waals surface area (Å²) in [5, 5.41) is 4.95. The highest BCUT2D eigenvalue weighted by Gasteiger charge is 2.46. The van der Waals surface area contributed by atoms with E-state index in [1.54, 1.807) is 0 Å². The summed E-state index contributed by atoms with van der Waals surface area (Å²) in [4.78, 5) is 68.5. The molecule has 4 aliphatic rings. The summed E-state index contributed by atoms with van der Waals surface area (Å²) in [6, 6.07) is -3.67. The predicted octanol–water partition coefficient (Wildman–Crippen LogP) is 12.0. The maximum atomic E-state index is 13.9. The molecule has 4 aliphatic heterocycles. The number of amides is 2. The van der Waals surface area contributed by atoms with Crippen LogP contribution in [0.2, 0.25) is 0 Å². The van der Waals surface area contributed by atoms with Gasteiger partial charge in [0.2, 0.25) is 11.8 Å². The summed E-state index contributed by atoms with van der Waals surface area (Å²) in [7, 11) is 0.110. The molecule has 0 aromatic rings. The first-order valence-corrected chi connectivity index (χ1v) is 42.4. The van der Waals surface area contributed by atoms with Gasteiger partial charge in [0.15, 0.2) is 0 Å². The SMILES string of the molecule is CCCCC.CCCCC.CCCCC.CCCCC.[B]C1CC(OP(=O)(O)OC)C(COP(=O)(N=[N+]=[N-])OC2CC([B])OC2COP(=O)(O)OC)O1.[B]C1CC(OP(=O)(O)OC)C(COP(=O)(NC(=O)CCCNC(=O)CCCCCC)OC2CC([B])OC2COP(=O)(O)OC)O1. The van der Waals surface area contributed by atoms with E-state index in [-0.39, 0.29) is 51.0 Å². The molecule has 43 heteroatoms. The zero-order chi connectivity index (χ0) is 75.0. The number of hydrogen-bond donors (Lipinski definition) is 6. The fourth-order valence-corrected chi connectivity index (χ4v) is 13.5. The van der Waals surface area contributed by atoms with Crippen LogP contribution in [-0.2, 0) is 110 Å². The Balaban J connectivity index is 0. The smallest absolute Gasteiger partial charge is 0.380 e. The highest BCUT2D eigenvalue weighted by molar-refractivity contribution is 7.52. The van der Waals surface area contributed by atoms with E-state index in [9.17, 15) is 56.6 Å². The Labute approximate surface area is 587 Å². The summed E-state index contributed by atoms with van der Waals surface area (Å²) < 4.78 is 154. The fourth-order valence-electron chi connectivity index (χ4n) is 8.70. The molecule has 4 heterocycles. The highest BCUT2D eigenvalue weighted by Crippen LogP contribution is 2.55. The van der Waals surface area contributed by atoms with Crippen molar-refractivity contribution in [3.8, 4) is 0 Å². The predicted molar refractivity (Wildman–Crippen MR) is 371 cm³/mol. The molecular weight excluding hydrogens is 1410 g/mol. The van der Waals surface area contributed by atoms with Gasteiger partial charge in [-0.3, -0.25) is 69.0 Å². The molecule has 0 aromatic carbocycles. The van der Waals surface area contributed by atoms with E-state index < -0.39 is 152 Å². The molecule has 0 aromatic heterocycles. The van der Waals surface area contributed by atoms with E-state index in [4.69, 9.17) is 92.1 Å². The number of azide groups is 1. The molecule has 4 fully saturated rings. The molecule has 0 spiro atoms. The molecular formula is C55H113B4N5O28P6. The average molecular weight is 1520 g/mol. The van der Waals surface area contributed by atoms with Crippen molar-refractivity contribution in [3.05, 3.63) is 10.4 Å². The van der Waals surface area contributed by atoms with Crippen LogP contribution in [0, 0.1) is 0 Å². The molecule has 18 atom stereocenters. The summed E-state index contributed by atoms with van der Waals surface area (Å²) in [6.45, 7) is 17.7. The summed E-state index contributed by atoms with van der Waals surface area (Å²) in [6.07, 6.45) is 11.5. The van der Waals surface area contributed by atoms with Crippen LogP contribution in [0.1, 0.15) is 210 Å². The van der Waals surface area contributed by atoms with Gasteiger partial charge < -0.3 is 48.4 Å². The van der Waals surface area contributed by atoms with Crippen LogP contribution in [0.25, 0.3) is 10.4 Å². The number of phosphoric acid groups is 4. The minimum absolute atomic E-state index is 0.0138. The first-order valence-electron chi connectivity index (χ1n) is 33.4. The maximum absolute atomic E-state index is 13.9. The average Bonchev–Trinajstić information content (AvgIpc) is 1.64. The van der Waals surface area contributed by atoms with Crippen molar-refractivity contribution >= 4 is 90.0 Å². The Morgan fingerprint density at radius 2 is 0.755 bits per heavy atom. The molecule has 6 N–H and O–H groups in total. The molecule has 18 unspecified atom stereocenters. The van der Waals surface area contributed by atoms with Crippen molar-refractivity contribution in [1.82, 2.24) is 10.4 Å². The third kappa shape index (κ3) is 47.5. The van der Waals surface area contributed by atoms with Crippen molar-refractivity contribution in [1.29, 1.82) is 0 Å². The van der Waals surface area contributed by atoms with Crippen LogP contribution < -0.4 is 10.4 Å². The van der Waals surface area contributed by atoms with Gasteiger partial charge >= 0.3 is 46.8 Å². The number of carbonyl (C=O) groups excluding carboxylic acids is 2. The number of unbranched alkanes of at least 4 members (excludes halogenated alkanes) is 11. The van der Waals surface area contributed by atoms with Crippen molar-refractivity contribution in [2.75, 3.05) is 61.4 Å². The zero-order valence-corrected chi connectivity index (χ0v) is 65.0. The molecule has 33 nitrogen and oxygen atoms in total. The second-order valence-corrected chi connectivity index (χ2v) is 31.9. The van der Waals surface area contributed by atoms with E-state index in [2.05, 4.69) is 101 Å². The summed E-state index contributed by atoms with van der Waals surface area (Å²) >= 11 is 0. The van der Waals surface area contributed by atoms with E-state index in [0.29, 0.717) is 6.42 Å². The molecule has 0 aliphatic carbocycles. The first-order chi connectivity index (χ1) is 46.1. The minimum atomic E-state index is -4.59. The van der Waals surface area contributed by atoms with Gasteiger partial charge in [0, 0.05) is 81.6 Å². The van der Waals surface area contributed by atoms with Gasteiger partial charge in [-0.2, -0.15) is 0 Å². The van der Waals surface area contributed by atoms with Crippen LogP contribution in [0.4, 0.5) is 0 Å². The molecule has 568 valence electrons. The van der Waals surface area contributed by atoms with Crippen LogP contribution in [0.15, 0.2) is 4.88 Å². The van der Waals surface area contributed by atoms with E-state index in [0.717, 1.165) is 54.1 Å². The lowest BCUT2D eigenvalue weighted by atomic mass is 9.96. The van der Waals surface area contributed by atoms with Crippen LogP contribution in [-0.4, -0.2) is 197 Å². The van der Waals surface area contributed by atoms with Gasteiger partial charge in [-0.25, -0.2) is 22.8 Å². The lowest BCUT2D eigenvalue weighted by molar-refractivity contribution is -0.122. The minimum Gasteiger partial charge on any atom is -0.380 e. The van der Waals surface area contributed by atoms with Gasteiger partial charge in [0.25, 0.3) is 0 Å². The van der Waals surface area contributed by atoms with E-state index in [1.165, 1.54) is 77.0 Å². The van der Waals surface area contributed by atoms with E-state index >= 15 is 0 Å². The van der Waals surface area contributed by atoms with Gasteiger partial charge in [0.1, 0.15) is 55.8 Å². The Kier molecular flexibility index (Phi) is 56.2. The number of phosphoric ester groups is 4. The van der Waals surface area contributed by atoms with Crippen molar-refractivity contribution in [2.45, 2.75) is 283 Å². The summed E-state index contributed by atoms with van der Waals surface area (Å²) in [5.74, 6) is -0.884. The fraction of sp³-hybridized carbons (Fsp3) is 0.964. The first kappa shape index (κ1) is 99.1. The molecule has 98 heavy (non-hydrogen) atoms. The Hall–Kier alpha value is -0.910. The number of rotatable bonds is 43. The normalized spacial score (nSPS) is 26.9. The van der Waals surface area contributed by atoms with Gasteiger partial charge in [-0.1, -0.05) is 159 Å². The third-order valence-corrected chi connectivity index (χ3v) is 20.7. The Morgan fingerprint density at radius 3 is 1.08 bits per heavy atom. The second-order valence-electron chi connectivity index (χ2n) is 22.5. The lowest BCUT2D eigenvalue weighted by Crippen LogP contribution is -2.34. The summed E-state index contributed by atoms with van der Waals surface area (Å²) in [5.41, 5.74) is 8.80. The van der Waals surface area contributed by atoms with Crippen molar-refractivity contribution in [2.24, 2.45) is 4.88 Å². The molecule has 8 radical (unpaired) electrons. The number of hydrogen-bond acceptors (Lipinski definition) is 24. The highest BCUT2D eigenvalue weighted by atomic mass is 31.2. The molecule has 0 saturated carbocycles. The third-order valence-electron chi connectivity index (χ3n) is 13.9. The number of carbonyl (C=O) groups is 2. The van der Waals surface area contributed by atoms with Crippen molar-refractivity contribution < 1.29 is 130 Å². The monoisotopic (exact) mass is 1520 g/mol. The number of nitrogens with zero attached hydrogens (tertiary/aromatic N) is 3. The second kappa shape index (κ2) is 55.5. The van der Waals surface area contributed by atoms with Crippen molar-refractivity contribution in [3.63, 3.8) is 0 Å². The van der Waals surface area contributed by atoms with Gasteiger partial charge in [-0.15, -0.1) is 0 Å². The number of ether oxygens (including phenoxy) is 4. The number of nitrogens with one attached hydrogen (secondary N) is 2. The topological polar surface area (TPSA) is 438 Å². The standard InChI is InChI=1S/C23H43B2N2O15P3.C12H22B2N3O13P3.4C5H12/c1-4-5-6-7-9-22(28)26-11-8-10-23(29)27-43(30,37-14-18-17(13-21(25)39-18)42-45(33,34)36-3)41-16-12-20(24)40-19(16)15-38-44(31,32)35-2;1-23-32(19,20)26-6-10-7(3-11(13)28-10)29-31(18,17-16-15)25-5-9-8(4-12(14)27-9)30-33(21,22)24-2;4*1-3-5-4-2/h16-21H,4-15H2,1-3H3,(H,26,28)(H,31,32)(H,33,34)(H,27,29,30);7-12H,3-6H2,1-2H3,(H,19,20)(H,21,22);4*3-5H2,1-2H3.